The quantitative estimate of drug-likeness (QED) is 0.583. The highest BCUT2D eigenvalue weighted by molar-refractivity contribution is 5.85. The van der Waals surface area contributed by atoms with Crippen LogP contribution in [0.25, 0.3) is 0 Å². The molecule has 3 aliphatic carbocycles. The number of Topliss-reactive ketones (excluding diaryl/α,β-unsaturated/α-hetero) is 1. The summed E-state index contributed by atoms with van der Waals surface area (Å²) in [6.45, 7) is 11.5. The van der Waals surface area contributed by atoms with E-state index in [-0.39, 0.29) is 29.0 Å². The van der Waals surface area contributed by atoms with Crippen LogP contribution in [0, 0.1) is 34.0 Å². The van der Waals surface area contributed by atoms with Gasteiger partial charge < -0.3 is 14.9 Å². The predicted octanol–water partition coefficient (Wildman–Crippen LogP) is 2.89. The first-order chi connectivity index (χ1) is 12.6. The van der Waals surface area contributed by atoms with E-state index in [0.717, 1.165) is 19.3 Å². The number of carbonyl (C=O) groups is 2. The zero-order chi connectivity index (χ0) is 20.2. The van der Waals surface area contributed by atoms with Gasteiger partial charge in [0.05, 0.1) is 6.10 Å². The maximum Gasteiger partial charge on any atom is 0.332 e. The Kier molecular flexibility index (Phi) is 5.09. The van der Waals surface area contributed by atoms with Crippen molar-refractivity contribution >= 4 is 11.8 Å². The van der Waals surface area contributed by atoms with Crippen molar-refractivity contribution in [2.45, 2.75) is 72.0 Å². The second-order valence-electron chi connectivity index (χ2n) is 9.72. The molecule has 27 heavy (non-hydrogen) atoms. The third-order valence-electron chi connectivity index (χ3n) is 8.70. The second-order valence-corrected chi connectivity index (χ2v) is 9.72. The Labute approximate surface area is 162 Å². The first kappa shape index (κ1) is 20.5. The maximum atomic E-state index is 13.1. The van der Waals surface area contributed by atoms with Gasteiger partial charge in [0, 0.05) is 23.2 Å². The van der Waals surface area contributed by atoms with Gasteiger partial charge in [-0.15, -0.1) is 6.58 Å². The lowest BCUT2D eigenvalue weighted by Gasteiger charge is -2.61. The maximum absolute atomic E-state index is 13.1. The first-order valence-corrected chi connectivity index (χ1v) is 10.2. The lowest BCUT2D eigenvalue weighted by Crippen LogP contribution is -2.63. The molecule has 5 nitrogen and oxygen atoms in total. The van der Waals surface area contributed by atoms with E-state index in [1.165, 1.54) is 0 Å². The monoisotopic (exact) mass is 378 g/mol. The van der Waals surface area contributed by atoms with Crippen LogP contribution in [-0.4, -0.2) is 40.8 Å². The van der Waals surface area contributed by atoms with Crippen LogP contribution in [0.4, 0.5) is 0 Å². The van der Waals surface area contributed by atoms with Gasteiger partial charge in [0.2, 0.25) is 0 Å². The Morgan fingerprint density at radius 1 is 1.33 bits per heavy atom. The molecule has 2 bridgehead atoms. The minimum atomic E-state index is -0.686. The molecule has 0 saturated heterocycles. The lowest BCUT2D eigenvalue weighted by molar-refractivity contribution is -0.207. The molecule has 3 aliphatic rings. The van der Waals surface area contributed by atoms with Crippen molar-refractivity contribution in [2.75, 3.05) is 6.61 Å². The zero-order valence-electron chi connectivity index (χ0n) is 17.0. The number of hydrogen-bond acceptors (Lipinski definition) is 5. The van der Waals surface area contributed by atoms with E-state index in [1.807, 2.05) is 6.92 Å². The fourth-order valence-electron chi connectivity index (χ4n) is 6.70. The summed E-state index contributed by atoms with van der Waals surface area (Å²) in [5.41, 5.74) is -1.43. The van der Waals surface area contributed by atoms with Crippen LogP contribution in [0.1, 0.15) is 59.8 Å². The van der Waals surface area contributed by atoms with E-state index in [4.69, 9.17) is 4.74 Å². The highest BCUT2D eigenvalue weighted by Crippen LogP contribution is 2.67. The number of aliphatic hydroxyl groups excluding tert-OH is 2. The van der Waals surface area contributed by atoms with Crippen LogP contribution in [0.15, 0.2) is 12.7 Å². The molecule has 0 amide bonds. The fraction of sp³-hybridized carbons (Fsp3) is 0.818. The summed E-state index contributed by atoms with van der Waals surface area (Å²) >= 11 is 0. The summed E-state index contributed by atoms with van der Waals surface area (Å²) in [6, 6.07) is 0. The Morgan fingerprint density at radius 3 is 2.59 bits per heavy atom. The number of ether oxygens (including phenoxy) is 1. The molecule has 3 rings (SSSR count). The molecule has 0 radical (unpaired) electrons. The molecule has 3 saturated carbocycles. The number of ketones is 1. The lowest BCUT2D eigenvalue weighted by atomic mass is 9.44. The third kappa shape index (κ3) is 2.72. The van der Waals surface area contributed by atoms with E-state index < -0.39 is 35.6 Å². The van der Waals surface area contributed by atoms with E-state index in [9.17, 15) is 19.8 Å². The van der Waals surface area contributed by atoms with Crippen LogP contribution in [-0.2, 0) is 14.3 Å². The average molecular weight is 379 g/mol. The van der Waals surface area contributed by atoms with Gasteiger partial charge in [0.15, 0.2) is 0 Å². The van der Waals surface area contributed by atoms with Gasteiger partial charge in [-0.25, -0.2) is 4.79 Å². The molecule has 0 heterocycles. The Morgan fingerprint density at radius 2 is 2.00 bits per heavy atom. The largest absolute Gasteiger partial charge is 0.460 e. The summed E-state index contributed by atoms with van der Waals surface area (Å²) in [5, 5.41) is 20.6. The third-order valence-corrected chi connectivity index (χ3v) is 8.70. The van der Waals surface area contributed by atoms with E-state index >= 15 is 0 Å². The van der Waals surface area contributed by atoms with Crippen molar-refractivity contribution in [2.24, 2.45) is 34.0 Å². The van der Waals surface area contributed by atoms with Gasteiger partial charge >= 0.3 is 5.97 Å². The summed E-state index contributed by atoms with van der Waals surface area (Å²) in [5.74, 6) is -0.520. The first-order valence-electron chi connectivity index (χ1n) is 10.2. The molecule has 0 aliphatic heterocycles. The molecule has 0 aromatic heterocycles. The molecule has 2 N–H and O–H groups in total. The van der Waals surface area contributed by atoms with Gasteiger partial charge in [-0.3, -0.25) is 4.79 Å². The fourth-order valence-corrected chi connectivity index (χ4v) is 6.70. The van der Waals surface area contributed by atoms with Crippen molar-refractivity contribution in [3.63, 3.8) is 0 Å². The number of aliphatic hydroxyl groups is 2. The minimum Gasteiger partial charge on any atom is -0.460 e. The Balaban J connectivity index is 2.21. The molecule has 8 atom stereocenters. The van der Waals surface area contributed by atoms with Gasteiger partial charge in [-0.05, 0) is 42.9 Å². The topological polar surface area (TPSA) is 83.8 Å². The van der Waals surface area contributed by atoms with Crippen molar-refractivity contribution < 1.29 is 24.5 Å². The highest BCUT2D eigenvalue weighted by Gasteiger charge is 2.68. The predicted molar refractivity (Wildman–Crippen MR) is 102 cm³/mol. The Bertz CT molecular complexity index is 645. The van der Waals surface area contributed by atoms with Crippen LogP contribution in [0.3, 0.4) is 0 Å². The molecular formula is C22H34O5. The summed E-state index contributed by atoms with van der Waals surface area (Å²) in [7, 11) is 0. The minimum absolute atomic E-state index is 0.0433. The van der Waals surface area contributed by atoms with Crippen LogP contribution in [0.2, 0.25) is 0 Å². The van der Waals surface area contributed by atoms with Crippen LogP contribution in [0.5, 0.6) is 0 Å². The molecule has 0 aromatic rings. The Hall–Kier alpha value is -1.20. The van der Waals surface area contributed by atoms with Crippen LogP contribution < -0.4 is 0 Å². The van der Waals surface area contributed by atoms with Gasteiger partial charge in [0.25, 0.3) is 0 Å². The van der Waals surface area contributed by atoms with Crippen LogP contribution >= 0.6 is 0 Å². The zero-order valence-corrected chi connectivity index (χ0v) is 17.0. The summed E-state index contributed by atoms with van der Waals surface area (Å²) in [4.78, 5) is 25.2. The normalized spacial score (nSPS) is 49.7. The molecule has 0 unspecified atom stereocenters. The van der Waals surface area contributed by atoms with E-state index in [2.05, 4.69) is 27.4 Å². The number of carbonyl (C=O) groups excluding carboxylic acids is 2. The molecule has 0 aromatic carbocycles. The van der Waals surface area contributed by atoms with E-state index in [0.29, 0.717) is 12.8 Å². The van der Waals surface area contributed by atoms with Gasteiger partial charge in [0.1, 0.15) is 18.5 Å². The SMILES string of the molecule is C=C[C@@]1(C)C[C@H](OC(=O)CO)[C@@]2(C)[C@@H]3C(=O)CC[C@@]3(CC[C@@H]2C)[C@@H](C)[C@@H]1O. The van der Waals surface area contributed by atoms with Crippen molar-refractivity contribution in [3.8, 4) is 0 Å². The average Bonchev–Trinajstić information content (AvgIpc) is 3.00. The molecule has 3 fully saturated rings. The van der Waals surface area contributed by atoms with Crippen molar-refractivity contribution in [1.82, 2.24) is 0 Å². The van der Waals surface area contributed by atoms with E-state index in [1.54, 1.807) is 6.08 Å². The standard InChI is InChI=1S/C22H34O5/c1-6-20(4)11-16(27-17(25)12-23)21(5)13(2)7-9-22(14(3)19(20)26)10-8-15(24)18(21)22/h6,13-14,16,18-19,23,26H,1,7-12H2,2-5H3/t13-,14-,16-,18-,19-,20-,21-,22-/m0/s1. The molecule has 152 valence electrons. The number of hydrogen-bond donors (Lipinski definition) is 2. The summed E-state index contributed by atoms with van der Waals surface area (Å²) < 4.78 is 5.77. The van der Waals surface area contributed by atoms with Gasteiger partial charge in [-0.1, -0.05) is 33.8 Å². The van der Waals surface area contributed by atoms with Gasteiger partial charge in [-0.2, -0.15) is 0 Å². The number of rotatable bonds is 3. The second kappa shape index (κ2) is 6.70. The van der Waals surface area contributed by atoms with Crippen molar-refractivity contribution in [3.05, 3.63) is 12.7 Å². The molecule has 5 heteroatoms. The highest BCUT2D eigenvalue weighted by atomic mass is 16.6. The van der Waals surface area contributed by atoms with Crippen molar-refractivity contribution in [1.29, 1.82) is 0 Å². The molecular weight excluding hydrogens is 344 g/mol. The number of esters is 1. The summed E-state index contributed by atoms with van der Waals surface area (Å²) in [6.07, 6.45) is 4.10. The smallest absolute Gasteiger partial charge is 0.332 e. The molecule has 0 spiro atoms.